The van der Waals surface area contributed by atoms with Gasteiger partial charge >= 0.3 is 0 Å². The predicted octanol–water partition coefficient (Wildman–Crippen LogP) is 5.38. The molecule has 1 aliphatic rings. The lowest BCUT2D eigenvalue weighted by Crippen LogP contribution is -2.15. The van der Waals surface area contributed by atoms with E-state index >= 15 is 0 Å². The number of hydrazone groups is 1. The summed E-state index contributed by atoms with van der Waals surface area (Å²) in [5, 5.41) is 23.5. The molecule has 1 aromatic carbocycles. The first-order valence-electron chi connectivity index (χ1n) is 8.41. The van der Waals surface area contributed by atoms with Gasteiger partial charge in [0.15, 0.2) is 0 Å². The van der Waals surface area contributed by atoms with Gasteiger partial charge in [0, 0.05) is 15.7 Å². The van der Waals surface area contributed by atoms with Crippen LogP contribution in [0.4, 0.5) is 5.69 Å². The van der Waals surface area contributed by atoms with Crippen molar-refractivity contribution in [3.63, 3.8) is 0 Å². The van der Waals surface area contributed by atoms with Crippen molar-refractivity contribution in [2.45, 2.75) is 52.2 Å². The third-order valence-corrected chi connectivity index (χ3v) is 4.70. The lowest BCUT2D eigenvalue weighted by molar-refractivity contribution is 0.448. The number of phenols is 1. The Morgan fingerprint density at radius 3 is 2.44 bits per heavy atom. The summed E-state index contributed by atoms with van der Waals surface area (Å²) in [4.78, 5) is 1.06. The molecule has 0 atom stereocenters. The van der Waals surface area contributed by atoms with Gasteiger partial charge in [-0.15, -0.1) is 11.8 Å². The van der Waals surface area contributed by atoms with Gasteiger partial charge < -0.3 is 5.11 Å². The molecular weight excluding hydrogens is 330 g/mol. The van der Waals surface area contributed by atoms with Crippen LogP contribution in [0.25, 0.3) is 0 Å². The van der Waals surface area contributed by atoms with E-state index in [9.17, 15) is 5.11 Å². The Hall–Kier alpha value is -2.01. The van der Waals surface area contributed by atoms with Crippen molar-refractivity contribution < 1.29 is 5.11 Å². The molecule has 0 saturated heterocycles. The summed E-state index contributed by atoms with van der Waals surface area (Å²) in [7, 11) is 0. The minimum absolute atomic E-state index is 0.164. The van der Waals surface area contributed by atoms with Crippen molar-refractivity contribution in [2.75, 3.05) is 5.43 Å². The van der Waals surface area contributed by atoms with Gasteiger partial charge in [0.2, 0.25) is 0 Å². The van der Waals surface area contributed by atoms with Gasteiger partial charge in [-0.25, -0.2) is 0 Å². The van der Waals surface area contributed by atoms with Crippen molar-refractivity contribution in [3.05, 3.63) is 46.4 Å². The molecular formula is C20H27N3OS. The summed E-state index contributed by atoms with van der Waals surface area (Å²) in [6.07, 6.45) is 5.62. The number of aromatic hydroxyl groups is 1. The Morgan fingerprint density at radius 2 is 1.88 bits per heavy atom. The number of aryl methyl sites for hydroxylation is 1. The molecule has 2 rings (SSSR count). The highest BCUT2D eigenvalue weighted by Gasteiger charge is 2.21. The maximum Gasteiger partial charge on any atom is 0.144 e. The molecule has 0 aliphatic heterocycles. The predicted molar refractivity (Wildman–Crippen MR) is 110 cm³/mol. The fraction of sp³-hybridized carbons (Fsp3) is 0.400. The van der Waals surface area contributed by atoms with Crippen molar-refractivity contribution in [3.8, 4) is 5.75 Å². The van der Waals surface area contributed by atoms with Crippen LogP contribution in [0.1, 0.15) is 45.7 Å². The SMILES string of the molecule is Cc1cc(N/N=C2/C=CC(SC(C)C)=CC2=N)c(O)c(C(C)(C)C)c1. The highest BCUT2D eigenvalue weighted by atomic mass is 32.2. The zero-order valence-corrected chi connectivity index (χ0v) is 16.6. The summed E-state index contributed by atoms with van der Waals surface area (Å²) in [5.74, 6) is 0.209. The van der Waals surface area contributed by atoms with Crippen LogP contribution in [-0.2, 0) is 5.41 Å². The molecule has 0 unspecified atom stereocenters. The van der Waals surface area contributed by atoms with Gasteiger partial charge in [0.05, 0.1) is 11.4 Å². The first-order chi connectivity index (χ1) is 11.6. The molecule has 0 amide bonds. The van der Waals surface area contributed by atoms with E-state index < -0.39 is 0 Å². The largest absolute Gasteiger partial charge is 0.505 e. The number of benzene rings is 1. The first-order valence-corrected chi connectivity index (χ1v) is 9.29. The molecule has 0 aromatic heterocycles. The Labute approximate surface area is 154 Å². The number of allylic oxidation sites excluding steroid dienone is 3. The molecule has 0 radical (unpaired) electrons. The number of nitrogens with zero attached hydrogens (tertiary/aromatic N) is 1. The molecule has 0 fully saturated rings. The van der Waals surface area contributed by atoms with E-state index in [4.69, 9.17) is 5.41 Å². The Bertz CT molecular complexity index is 768. The number of anilines is 1. The van der Waals surface area contributed by atoms with Gasteiger partial charge in [-0.05, 0) is 42.2 Å². The smallest absolute Gasteiger partial charge is 0.144 e. The lowest BCUT2D eigenvalue weighted by Gasteiger charge is -2.22. The van der Waals surface area contributed by atoms with Crippen LogP contribution in [0.3, 0.4) is 0 Å². The Morgan fingerprint density at radius 1 is 1.20 bits per heavy atom. The maximum atomic E-state index is 10.6. The molecule has 1 aliphatic carbocycles. The Balaban J connectivity index is 2.24. The number of hydrogen-bond donors (Lipinski definition) is 3. The third-order valence-electron chi connectivity index (χ3n) is 3.70. The maximum absolute atomic E-state index is 10.6. The van der Waals surface area contributed by atoms with Crippen LogP contribution in [-0.4, -0.2) is 21.8 Å². The fourth-order valence-electron chi connectivity index (χ4n) is 2.51. The first kappa shape index (κ1) is 19.3. The molecule has 25 heavy (non-hydrogen) atoms. The van der Waals surface area contributed by atoms with Crippen LogP contribution >= 0.6 is 11.8 Å². The lowest BCUT2D eigenvalue weighted by atomic mass is 9.85. The standard InChI is InChI=1S/C20H27N3OS/c1-12(2)25-14-7-8-17(16(21)11-14)22-23-18-10-13(3)9-15(19(18)24)20(4,5)6/h7-12,21,23-24H,1-6H3/b21-16?,22-17-. The number of thioether (sulfide) groups is 1. The average Bonchev–Trinajstić information content (AvgIpc) is 2.47. The van der Waals surface area contributed by atoms with Crippen LogP contribution in [0.2, 0.25) is 0 Å². The molecule has 0 bridgehead atoms. The van der Waals surface area contributed by atoms with Crippen molar-refractivity contribution in [2.24, 2.45) is 5.10 Å². The van der Waals surface area contributed by atoms with Gasteiger partial charge in [-0.1, -0.05) is 40.7 Å². The van der Waals surface area contributed by atoms with Gasteiger partial charge in [0.1, 0.15) is 11.5 Å². The normalized spacial score (nSPS) is 16.5. The van der Waals surface area contributed by atoms with Crippen LogP contribution < -0.4 is 5.43 Å². The van der Waals surface area contributed by atoms with Crippen molar-refractivity contribution in [1.82, 2.24) is 0 Å². The number of hydrogen-bond acceptors (Lipinski definition) is 5. The van der Waals surface area contributed by atoms with E-state index in [0.717, 1.165) is 16.0 Å². The van der Waals surface area contributed by atoms with Gasteiger partial charge in [-0.3, -0.25) is 10.8 Å². The molecule has 0 spiro atoms. The van der Waals surface area contributed by atoms with Crippen molar-refractivity contribution >= 4 is 28.9 Å². The molecule has 5 heteroatoms. The molecule has 1 aromatic rings. The van der Waals surface area contributed by atoms with Gasteiger partial charge in [-0.2, -0.15) is 5.10 Å². The van der Waals surface area contributed by atoms with E-state index in [-0.39, 0.29) is 11.2 Å². The zero-order chi connectivity index (χ0) is 18.8. The van der Waals surface area contributed by atoms with Crippen molar-refractivity contribution in [1.29, 1.82) is 5.41 Å². The second kappa shape index (κ2) is 7.48. The molecule has 0 saturated carbocycles. The van der Waals surface area contributed by atoms with Crippen LogP contribution in [0.5, 0.6) is 5.75 Å². The monoisotopic (exact) mass is 357 g/mol. The van der Waals surface area contributed by atoms with E-state index in [0.29, 0.717) is 22.4 Å². The summed E-state index contributed by atoms with van der Waals surface area (Å²) >= 11 is 1.72. The summed E-state index contributed by atoms with van der Waals surface area (Å²) in [6, 6.07) is 3.86. The highest BCUT2D eigenvalue weighted by molar-refractivity contribution is 8.03. The second-order valence-electron chi connectivity index (χ2n) is 7.53. The average molecular weight is 358 g/mol. The Kier molecular flexibility index (Phi) is 5.78. The number of nitrogens with one attached hydrogen (secondary N) is 2. The van der Waals surface area contributed by atoms with E-state index in [2.05, 4.69) is 45.1 Å². The number of rotatable bonds is 4. The minimum atomic E-state index is -0.164. The number of phenolic OH excluding ortho intramolecular Hbond substituents is 1. The van der Waals surface area contributed by atoms with E-state index in [1.165, 1.54) is 0 Å². The minimum Gasteiger partial charge on any atom is -0.505 e. The molecule has 134 valence electrons. The molecule has 3 N–H and O–H groups in total. The molecule has 4 nitrogen and oxygen atoms in total. The zero-order valence-electron chi connectivity index (χ0n) is 15.8. The highest BCUT2D eigenvalue weighted by Crippen LogP contribution is 2.37. The van der Waals surface area contributed by atoms with E-state index in [1.807, 2.05) is 37.3 Å². The quantitative estimate of drug-likeness (QED) is 0.385. The summed E-state index contributed by atoms with van der Waals surface area (Å²) in [6.45, 7) is 12.4. The third kappa shape index (κ3) is 4.98. The topological polar surface area (TPSA) is 68.5 Å². The fourth-order valence-corrected chi connectivity index (χ4v) is 3.39. The van der Waals surface area contributed by atoms with Gasteiger partial charge in [0.25, 0.3) is 0 Å². The summed E-state index contributed by atoms with van der Waals surface area (Å²) in [5.41, 5.74) is 6.16. The van der Waals surface area contributed by atoms with Crippen LogP contribution in [0, 0.1) is 12.3 Å². The second-order valence-corrected chi connectivity index (χ2v) is 9.18. The summed E-state index contributed by atoms with van der Waals surface area (Å²) < 4.78 is 0. The van der Waals surface area contributed by atoms with E-state index in [1.54, 1.807) is 11.8 Å². The molecule has 0 heterocycles. The van der Waals surface area contributed by atoms with Crippen LogP contribution in [0.15, 0.2) is 40.4 Å².